The van der Waals surface area contributed by atoms with Crippen LogP contribution in [-0.2, 0) is 0 Å². The van der Waals surface area contributed by atoms with Gasteiger partial charge in [0.05, 0.1) is 5.56 Å². The minimum Gasteiger partial charge on any atom is -0.351 e. The molecule has 0 spiro atoms. The number of carbonyl (C=O) groups excluding carboxylic acids is 1. The van der Waals surface area contributed by atoms with E-state index in [1.54, 1.807) is 17.8 Å². The Labute approximate surface area is 106 Å². The van der Waals surface area contributed by atoms with E-state index in [2.05, 4.69) is 5.32 Å². The van der Waals surface area contributed by atoms with Gasteiger partial charge < -0.3 is 5.32 Å². The first-order valence-corrected chi connectivity index (χ1v) is 6.84. The third-order valence-electron chi connectivity index (χ3n) is 1.76. The fourth-order valence-electron chi connectivity index (χ4n) is 1.03. The van der Waals surface area contributed by atoms with Gasteiger partial charge in [0, 0.05) is 15.9 Å². The Bertz CT molecular complexity index is 359. The number of amides is 1. The molecule has 0 atom stereocenters. The van der Waals surface area contributed by atoms with Crippen molar-refractivity contribution in [2.24, 2.45) is 0 Å². The molecule has 0 bridgehead atoms. The Balaban J connectivity index is 2.68. The first-order chi connectivity index (χ1) is 7.15. The molecule has 0 fully saturated rings. The van der Waals surface area contributed by atoms with E-state index < -0.39 is 0 Å². The van der Waals surface area contributed by atoms with Gasteiger partial charge in [0.1, 0.15) is 5.82 Å². The average Bonchev–Trinajstić information content (AvgIpc) is 2.22. The summed E-state index contributed by atoms with van der Waals surface area (Å²) < 4.78 is 13.7. The number of halogens is 2. The molecule has 0 radical (unpaired) electrons. The van der Waals surface area contributed by atoms with Crippen LogP contribution in [0.1, 0.15) is 10.4 Å². The van der Waals surface area contributed by atoms with Crippen molar-refractivity contribution < 1.29 is 9.18 Å². The lowest BCUT2D eigenvalue weighted by molar-refractivity contribution is 0.0955. The van der Waals surface area contributed by atoms with Crippen LogP contribution in [0.4, 0.5) is 4.39 Å². The predicted octanol–water partition coefficient (Wildman–Crippen LogP) is 2.52. The average molecular weight is 339 g/mol. The first-order valence-electron chi connectivity index (χ1n) is 4.37. The standard InChI is InChI=1S/C10H11FINOS/c1-15-5-4-13-10(14)8-6-7(11)2-3-9(8)12/h2-3,6H,4-5H2,1H3,(H,13,14). The molecule has 0 heterocycles. The number of thioether (sulfide) groups is 1. The maximum atomic E-state index is 12.9. The summed E-state index contributed by atoms with van der Waals surface area (Å²) in [5.41, 5.74) is 0.400. The molecule has 0 saturated heterocycles. The normalized spacial score (nSPS) is 10.1. The summed E-state index contributed by atoms with van der Waals surface area (Å²) in [6.07, 6.45) is 1.97. The molecule has 0 aromatic heterocycles. The highest BCUT2D eigenvalue weighted by Crippen LogP contribution is 2.13. The van der Waals surface area contributed by atoms with Crippen molar-refractivity contribution in [3.8, 4) is 0 Å². The maximum absolute atomic E-state index is 12.9. The molecular weight excluding hydrogens is 328 g/mol. The van der Waals surface area contributed by atoms with Crippen LogP contribution >= 0.6 is 34.4 Å². The summed E-state index contributed by atoms with van der Waals surface area (Å²) in [5.74, 6) is 0.260. The SMILES string of the molecule is CSCCNC(=O)c1cc(F)ccc1I. The summed E-state index contributed by atoms with van der Waals surface area (Å²) in [4.78, 5) is 11.6. The van der Waals surface area contributed by atoms with Crippen LogP contribution < -0.4 is 5.32 Å². The fourth-order valence-corrected chi connectivity index (χ4v) is 1.92. The van der Waals surface area contributed by atoms with Crippen molar-refractivity contribution in [2.45, 2.75) is 0 Å². The van der Waals surface area contributed by atoms with E-state index in [1.807, 2.05) is 28.8 Å². The van der Waals surface area contributed by atoms with E-state index >= 15 is 0 Å². The van der Waals surface area contributed by atoms with E-state index in [-0.39, 0.29) is 11.7 Å². The van der Waals surface area contributed by atoms with Crippen LogP contribution in [0, 0.1) is 9.39 Å². The smallest absolute Gasteiger partial charge is 0.252 e. The Hall–Kier alpha value is -0.300. The number of hydrogen-bond donors (Lipinski definition) is 1. The van der Waals surface area contributed by atoms with Crippen molar-refractivity contribution in [2.75, 3.05) is 18.6 Å². The Kier molecular flexibility index (Phi) is 5.38. The monoisotopic (exact) mass is 339 g/mol. The summed E-state index contributed by atoms with van der Waals surface area (Å²) >= 11 is 3.68. The zero-order valence-electron chi connectivity index (χ0n) is 8.22. The van der Waals surface area contributed by atoms with E-state index in [1.165, 1.54) is 12.1 Å². The van der Waals surface area contributed by atoms with Gasteiger partial charge >= 0.3 is 0 Å². The highest BCUT2D eigenvalue weighted by atomic mass is 127. The number of benzene rings is 1. The van der Waals surface area contributed by atoms with Gasteiger partial charge in [-0.15, -0.1) is 0 Å². The zero-order valence-corrected chi connectivity index (χ0v) is 11.2. The Morgan fingerprint density at radius 2 is 2.33 bits per heavy atom. The molecule has 2 nitrogen and oxygen atoms in total. The molecule has 1 aromatic carbocycles. The quantitative estimate of drug-likeness (QED) is 0.675. The fraction of sp³-hybridized carbons (Fsp3) is 0.300. The predicted molar refractivity (Wildman–Crippen MR) is 69.8 cm³/mol. The van der Waals surface area contributed by atoms with Crippen LogP contribution in [0.2, 0.25) is 0 Å². The molecule has 0 unspecified atom stereocenters. The maximum Gasteiger partial charge on any atom is 0.252 e. The number of rotatable bonds is 4. The first kappa shape index (κ1) is 12.8. The van der Waals surface area contributed by atoms with Crippen molar-refractivity contribution in [3.63, 3.8) is 0 Å². The molecule has 1 aromatic rings. The van der Waals surface area contributed by atoms with E-state index in [0.29, 0.717) is 12.1 Å². The molecule has 0 aliphatic rings. The van der Waals surface area contributed by atoms with Gasteiger partial charge in [-0.1, -0.05) is 0 Å². The molecule has 1 N–H and O–H groups in total. The lowest BCUT2D eigenvalue weighted by Crippen LogP contribution is -2.26. The van der Waals surface area contributed by atoms with Gasteiger partial charge in [-0.2, -0.15) is 11.8 Å². The third kappa shape index (κ3) is 3.98. The van der Waals surface area contributed by atoms with Crippen LogP contribution in [-0.4, -0.2) is 24.5 Å². The molecule has 1 rings (SSSR count). The highest BCUT2D eigenvalue weighted by Gasteiger charge is 2.09. The van der Waals surface area contributed by atoms with Crippen molar-refractivity contribution in [1.82, 2.24) is 5.32 Å². The highest BCUT2D eigenvalue weighted by molar-refractivity contribution is 14.1. The van der Waals surface area contributed by atoms with Gasteiger partial charge in [-0.05, 0) is 47.0 Å². The molecule has 5 heteroatoms. The Morgan fingerprint density at radius 3 is 3.00 bits per heavy atom. The van der Waals surface area contributed by atoms with E-state index in [9.17, 15) is 9.18 Å². The molecule has 15 heavy (non-hydrogen) atoms. The number of carbonyl (C=O) groups is 1. The van der Waals surface area contributed by atoms with E-state index in [4.69, 9.17) is 0 Å². The third-order valence-corrected chi connectivity index (χ3v) is 3.32. The number of nitrogens with one attached hydrogen (secondary N) is 1. The second-order valence-corrected chi connectivity index (χ2v) is 5.02. The second-order valence-electron chi connectivity index (χ2n) is 2.87. The van der Waals surface area contributed by atoms with Crippen molar-refractivity contribution in [1.29, 1.82) is 0 Å². The molecule has 0 saturated carbocycles. The van der Waals surface area contributed by atoms with Gasteiger partial charge in [0.15, 0.2) is 0 Å². The summed E-state index contributed by atoms with van der Waals surface area (Å²) in [7, 11) is 0. The summed E-state index contributed by atoms with van der Waals surface area (Å²) in [6, 6.07) is 4.20. The molecule has 1 amide bonds. The molecule has 82 valence electrons. The van der Waals surface area contributed by atoms with Crippen LogP contribution in [0.3, 0.4) is 0 Å². The largest absolute Gasteiger partial charge is 0.351 e. The minimum atomic E-state index is -0.384. The van der Waals surface area contributed by atoms with Crippen molar-refractivity contribution >= 4 is 40.3 Å². The van der Waals surface area contributed by atoms with Crippen LogP contribution in [0.25, 0.3) is 0 Å². The molecular formula is C10H11FINOS. The lowest BCUT2D eigenvalue weighted by atomic mass is 10.2. The van der Waals surface area contributed by atoms with Crippen LogP contribution in [0.5, 0.6) is 0 Å². The van der Waals surface area contributed by atoms with Crippen molar-refractivity contribution in [3.05, 3.63) is 33.1 Å². The summed E-state index contributed by atoms with van der Waals surface area (Å²) in [6.45, 7) is 0.604. The van der Waals surface area contributed by atoms with Gasteiger partial charge in [0.2, 0.25) is 0 Å². The number of hydrogen-bond acceptors (Lipinski definition) is 2. The van der Waals surface area contributed by atoms with Gasteiger partial charge in [-0.25, -0.2) is 4.39 Å². The molecule has 0 aliphatic carbocycles. The molecule has 0 aliphatic heterocycles. The lowest BCUT2D eigenvalue weighted by Gasteiger charge is -2.05. The zero-order chi connectivity index (χ0) is 11.3. The summed E-state index contributed by atoms with van der Waals surface area (Å²) in [5, 5.41) is 2.74. The van der Waals surface area contributed by atoms with Crippen LogP contribution in [0.15, 0.2) is 18.2 Å². The van der Waals surface area contributed by atoms with Gasteiger partial charge in [-0.3, -0.25) is 4.79 Å². The second kappa shape index (κ2) is 6.32. The Morgan fingerprint density at radius 1 is 1.60 bits per heavy atom. The minimum absolute atomic E-state index is 0.215. The van der Waals surface area contributed by atoms with Gasteiger partial charge in [0.25, 0.3) is 5.91 Å². The topological polar surface area (TPSA) is 29.1 Å². The van der Waals surface area contributed by atoms with E-state index in [0.717, 1.165) is 9.32 Å².